The normalized spacial score (nSPS) is 13.5. The van der Waals surface area contributed by atoms with Crippen LogP contribution in [0.4, 0.5) is 4.39 Å². The molecule has 0 aromatic heterocycles. The van der Waals surface area contributed by atoms with E-state index in [0.717, 1.165) is 5.56 Å². The zero-order valence-electron chi connectivity index (χ0n) is 10.9. The summed E-state index contributed by atoms with van der Waals surface area (Å²) in [4.78, 5) is 0. The third-order valence-corrected chi connectivity index (χ3v) is 3.11. The number of halogens is 1. The van der Waals surface area contributed by atoms with E-state index in [-0.39, 0.29) is 23.0 Å². The number of nitrogens with one attached hydrogen (secondary N) is 1. The minimum absolute atomic E-state index is 0.00732. The average molecular weight is 240 g/mol. The molecule has 0 fully saturated rings. The zero-order chi connectivity index (χ0) is 13.1. The summed E-state index contributed by atoms with van der Waals surface area (Å²) in [6, 6.07) is 5.01. The van der Waals surface area contributed by atoms with Crippen molar-refractivity contribution in [2.75, 3.05) is 20.7 Å². The van der Waals surface area contributed by atoms with Gasteiger partial charge in [-0.3, -0.25) is 0 Å². The van der Waals surface area contributed by atoms with Gasteiger partial charge in [-0.05, 0) is 36.7 Å². The molecule has 0 heterocycles. The number of benzene rings is 1. The lowest BCUT2D eigenvalue weighted by Gasteiger charge is -2.33. The van der Waals surface area contributed by atoms with Gasteiger partial charge in [-0.25, -0.2) is 4.39 Å². The van der Waals surface area contributed by atoms with Gasteiger partial charge >= 0.3 is 0 Å². The van der Waals surface area contributed by atoms with E-state index >= 15 is 0 Å². The molecule has 0 aliphatic carbocycles. The largest absolute Gasteiger partial charge is 0.494 e. The van der Waals surface area contributed by atoms with Crippen LogP contribution >= 0.6 is 0 Å². The van der Waals surface area contributed by atoms with Crippen molar-refractivity contribution in [3.8, 4) is 5.75 Å². The maximum Gasteiger partial charge on any atom is 0.165 e. The first-order valence-electron chi connectivity index (χ1n) is 5.67. The van der Waals surface area contributed by atoms with Crippen molar-refractivity contribution in [1.29, 1.82) is 0 Å². The van der Waals surface area contributed by atoms with Crippen LogP contribution in [0.15, 0.2) is 18.2 Å². The first kappa shape index (κ1) is 13.9. The van der Waals surface area contributed by atoms with Gasteiger partial charge in [0.25, 0.3) is 0 Å². The highest BCUT2D eigenvalue weighted by molar-refractivity contribution is 5.31. The van der Waals surface area contributed by atoms with E-state index in [2.05, 4.69) is 19.2 Å². The Hall–Kier alpha value is -1.13. The van der Waals surface area contributed by atoms with Crippen LogP contribution in [-0.4, -0.2) is 20.7 Å². The smallest absolute Gasteiger partial charge is 0.165 e. The second-order valence-electron chi connectivity index (χ2n) is 4.81. The van der Waals surface area contributed by atoms with Crippen molar-refractivity contribution in [3.63, 3.8) is 0 Å². The molecule has 0 radical (unpaired) electrons. The Morgan fingerprint density at radius 2 is 2.12 bits per heavy atom. The fraction of sp³-hybridized carbons (Fsp3) is 0.538. The van der Waals surface area contributed by atoms with E-state index < -0.39 is 0 Å². The molecule has 0 aliphatic rings. The molecule has 0 aliphatic heterocycles. The maximum atomic E-state index is 13.7. The molecule has 17 heavy (non-hydrogen) atoms. The van der Waals surface area contributed by atoms with Crippen LogP contribution in [0.2, 0.25) is 0 Å². The summed E-state index contributed by atoms with van der Waals surface area (Å²) in [5, 5.41) is 3.19. The van der Waals surface area contributed by atoms with Crippen molar-refractivity contribution in [2.24, 2.45) is 11.1 Å². The number of nitrogens with two attached hydrogens (primary N) is 1. The van der Waals surface area contributed by atoms with Crippen molar-refractivity contribution < 1.29 is 9.13 Å². The summed E-state index contributed by atoms with van der Waals surface area (Å²) in [7, 11) is 3.31. The first-order valence-corrected chi connectivity index (χ1v) is 5.67. The number of methoxy groups -OCH3 is 1. The topological polar surface area (TPSA) is 47.3 Å². The molecular weight excluding hydrogens is 219 g/mol. The molecule has 0 saturated carbocycles. The van der Waals surface area contributed by atoms with Gasteiger partial charge in [-0.15, -0.1) is 0 Å². The lowest BCUT2D eigenvalue weighted by atomic mass is 9.80. The molecule has 4 heteroatoms. The van der Waals surface area contributed by atoms with Crippen molar-refractivity contribution in [1.82, 2.24) is 5.32 Å². The maximum absolute atomic E-state index is 13.7. The predicted molar refractivity (Wildman–Crippen MR) is 67.6 cm³/mol. The van der Waals surface area contributed by atoms with Crippen molar-refractivity contribution in [3.05, 3.63) is 29.6 Å². The lowest BCUT2D eigenvalue weighted by Crippen LogP contribution is -2.37. The molecule has 0 bridgehead atoms. The number of hydrogen-bond acceptors (Lipinski definition) is 3. The second kappa shape index (κ2) is 5.47. The highest BCUT2D eigenvalue weighted by atomic mass is 19.1. The molecular formula is C13H21FN2O. The van der Waals surface area contributed by atoms with Gasteiger partial charge in [0, 0.05) is 6.04 Å². The minimum atomic E-state index is -0.349. The molecule has 1 rings (SSSR count). The average Bonchev–Trinajstić information content (AvgIpc) is 2.30. The monoisotopic (exact) mass is 240 g/mol. The zero-order valence-corrected chi connectivity index (χ0v) is 10.9. The van der Waals surface area contributed by atoms with Gasteiger partial charge < -0.3 is 15.8 Å². The molecule has 1 unspecified atom stereocenters. The van der Waals surface area contributed by atoms with Crippen LogP contribution in [0.1, 0.15) is 25.5 Å². The van der Waals surface area contributed by atoms with E-state index in [1.807, 2.05) is 13.1 Å². The molecule has 1 aromatic rings. The van der Waals surface area contributed by atoms with Crippen LogP contribution in [0, 0.1) is 11.2 Å². The fourth-order valence-corrected chi connectivity index (χ4v) is 1.99. The standard InChI is InChI=1S/C13H21FN2O/c1-13(2,8-15)12(16-3)9-5-6-11(17-4)10(14)7-9/h5-7,12,16H,8,15H2,1-4H3. The molecule has 0 spiro atoms. The van der Waals surface area contributed by atoms with Crippen LogP contribution in [-0.2, 0) is 0 Å². The van der Waals surface area contributed by atoms with Gasteiger partial charge in [0.05, 0.1) is 7.11 Å². The summed E-state index contributed by atoms with van der Waals surface area (Å²) in [6.07, 6.45) is 0. The van der Waals surface area contributed by atoms with E-state index in [1.165, 1.54) is 13.2 Å². The summed E-state index contributed by atoms with van der Waals surface area (Å²) in [5.74, 6) is -0.0905. The van der Waals surface area contributed by atoms with Crippen LogP contribution in [0.5, 0.6) is 5.75 Å². The van der Waals surface area contributed by atoms with Crippen molar-refractivity contribution >= 4 is 0 Å². The Morgan fingerprint density at radius 3 is 2.53 bits per heavy atom. The summed E-state index contributed by atoms with van der Waals surface area (Å²) in [6.45, 7) is 4.62. The Balaban J connectivity index is 3.09. The van der Waals surface area contributed by atoms with E-state index in [0.29, 0.717) is 6.54 Å². The Kier molecular flexibility index (Phi) is 4.48. The minimum Gasteiger partial charge on any atom is -0.494 e. The van der Waals surface area contributed by atoms with Crippen LogP contribution in [0.25, 0.3) is 0 Å². The molecule has 96 valence electrons. The third-order valence-electron chi connectivity index (χ3n) is 3.11. The predicted octanol–water partition coefficient (Wildman–Crippen LogP) is 2.08. The van der Waals surface area contributed by atoms with E-state index in [9.17, 15) is 4.39 Å². The second-order valence-corrected chi connectivity index (χ2v) is 4.81. The SMILES string of the molecule is CNC(c1ccc(OC)c(F)c1)C(C)(C)CN. The van der Waals surface area contributed by atoms with Crippen molar-refractivity contribution in [2.45, 2.75) is 19.9 Å². The first-order chi connectivity index (χ1) is 7.96. The van der Waals surface area contributed by atoms with Crippen LogP contribution < -0.4 is 15.8 Å². The Bertz CT molecular complexity index is 380. The Morgan fingerprint density at radius 1 is 1.47 bits per heavy atom. The molecule has 0 amide bonds. The van der Waals surface area contributed by atoms with Crippen LogP contribution in [0.3, 0.4) is 0 Å². The number of rotatable bonds is 5. The molecule has 1 atom stereocenters. The number of ether oxygens (including phenoxy) is 1. The summed E-state index contributed by atoms with van der Waals surface area (Å²) >= 11 is 0. The molecule has 3 nitrogen and oxygen atoms in total. The van der Waals surface area contributed by atoms with Gasteiger partial charge in [-0.2, -0.15) is 0 Å². The third kappa shape index (κ3) is 2.96. The Labute approximate surface area is 102 Å². The van der Waals surface area contributed by atoms with E-state index in [4.69, 9.17) is 10.5 Å². The summed E-state index contributed by atoms with van der Waals surface area (Å²) < 4.78 is 18.6. The molecule has 0 saturated heterocycles. The van der Waals surface area contributed by atoms with Gasteiger partial charge in [-0.1, -0.05) is 19.9 Å². The lowest BCUT2D eigenvalue weighted by molar-refractivity contribution is 0.264. The molecule has 3 N–H and O–H groups in total. The van der Waals surface area contributed by atoms with Gasteiger partial charge in [0.15, 0.2) is 11.6 Å². The quantitative estimate of drug-likeness (QED) is 0.828. The summed E-state index contributed by atoms with van der Waals surface area (Å²) in [5.41, 5.74) is 6.49. The highest BCUT2D eigenvalue weighted by Crippen LogP contribution is 2.33. The van der Waals surface area contributed by atoms with Gasteiger partial charge in [0.1, 0.15) is 0 Å². The fourth-order valence-electron chi connectivity index (χ4n) is 1.99. The van der Waals surface area contributed by atoms with E-state index in [1.54, 1.807) is 6.07 Å². The highest BCUT2D eigenvalue weighted by Gasteiger charge is 2.28. The molecule has 1 aromatic carbocycles. The van der Waals surface area contributed by atoms with Gasteiger partial charge in [0.2, 0.25) is 0 Å². The number of hydrogen-bond donors (Lipinski definition) is 2.